The van der Waals surface area contributed by atoms with E-state index in [9.17, 15) is 13.5 Å². The summed E-state index contributed by atoms with van der Waals surface area (Å²) in [6.07, 6.45) is 2.53. The van der Waals surface area contributed by atoms with E-state index in [-0.39, 0.29) is 10.6 Å². The van der Waals surface area contributed by atoms with Gasteiger partial charge in [-0.3, -0.25) is 0 Å². The van der Waals surface area contributed by atoms with Crippen LogP contribution in [0.1, 0.15) is 36.8 Å². The Hall–Kier alpha value is -1.11. The number of nitrogens with two attached hydrogens (primary N) is 1. The predicted octanol–water partition coefficient (Wildman–Crippen LogP) is 1.47. The highest BCUT2D eigenvalue weighted by Gasteiger charge is 2.29. The second-order valence-corrected chi connectivity index (χ2v) is 7.24. The highest BCUT2D eigenvalue weighted by molar-refractivity contribution is 7.89. The summed E-state index contributed by atoms with van der Waals surface area (Å²) in [7, 11) is -3.70. The first-order valence-electron chi connectivity index (χ1n) is 6.88. The molecule has 0 heterocycles. The van der Waals surface area contributed by atoms with E-state index in [0.717, 1.165) is 24.0 Å². The maximum Gasteiger partial charge on any atom is 0.242 e. The van der Waals surface area contributed by atoms with Crippen molar-refractivity contribution in [2.45, 2.75) is 56.6 Å². The summed E-state index contributed by atoms with van der Waals surface area (Å²) in [6, 6.07) is 2.83. The Kier molecular flexibility index (Phi) is 4.36. The molecule has 0 spiro atoms. The fourth-order valence-electron chi connectivity index (χ4n) is 2.56. The lowest BCUT2D eigenvalue weighted by molar-refractivity contribution is 0.101. The molecule has 0 aliphatic heterocycles. The predicted molar refractivity (Wildman–Crippen MR) is 78.9 cm³/mol. The molecule has 0 saturated heterocycles. The first kappa shape index (κ1) is 15.3. The number of nitrogens with one attached hydrogen (secondary N) is 1. The molecule has 1 fully saturated rings. The summed E-state index contributed by atoms with van der Waals surface area (Å²) in [4.78, 5) is 0.0957. The number of benzene rings is 1. The molecule has 4 N–H and O–H groups in total. The van der Waals surface area contributed by atoms with Crippen LogP contribution in [-0.4, -0.2) is 25.7 Å². The summed E-state index contributed by atoms with van der Waals surface area (Å²) < 4.78 is 27.4. The van der Waals surface area contributed by atoms with Gasteiger partial charge >= 0.3 is 0 Å². The van der Waals surface area contributed by atoms with Gasteiger partial charge in [-0.25, -0.2) is 13.1 Å². The van der Waals surface area contributed by atoms with Gasteiger partial charge in [0.05, 0.1) is 11.8 Å². The number of hydrogen-bond acceptors (Lipinski definition) is 4. The zero-order chi connectivity index (χ0) is 14.9. The van der Waals surface area contributed by atoms with Crippen molar-refractivity contribution in [2.75, 3.05) is 5.73 Å². The Morgan fingerprint density at radius 1 is 1.20 bits per heavy atom. The molecule has 1 saturated carbocycles. The number of aliphatic hydroxyl groups excluding tert-OH is 1. The summed E-state index contributed by atoms with van der Waals surface area (Å²) in [6.45, 7) is 3.74. The number of rotatable bonds is 3. The first-order chi connectivity index (χ1) is 9.31. The van der Waals surface area contributed by atoms with E-state index in [1.165, 1.54) is 0 Å². The molecule has 6 heteroatoms. The van der Waals surface area contributed by atoms with E-state index < -0.39 is 22.2 Å². The van der Waals surface area contributed by atoms with Crippen LogP contribution in [0.4, 0.5) is 5.69 Å². The van der Waals surface area contributed by atoms with Crippen molar-refractivity contribution in [3.8, 4) is 0 Å². The molecule has 0 radical (unpaired) electrons. The molecule has 112 valence electrons. The minimum atomic E-state index is -3.70. The highest BCUT2D eigenvalue weighted by atomic mass is 32.2. The normalized spacial score (nSPS) is 23.8. The number of sulfonamides is 1. The zero-order valence-electron chi connectivity index (χ0n) is 11.9. The highest BCUT2D eigenvalue weighted by Crippen LogP contribution is 2.25. The van der Waals surface area contributed by atoms with E-state index in [1.807, 2.05) is 13.8 Å². The molecular weight excluding hydrogens is 276 g/mol. The van der Waals surface area contributed by atoms with Crippen LogP contribution in [0.25, 0.3) is 0 Å². The summed E-state index contributed by atoms with van der Waals surface area (Å²) in [5.74, 6) is 0. The van der Waals surface area contributed by atoms with Crippen molar-refractivity contribution in [3.05, 3.63) is 23.3 Å². The average Bonchev–Trinajstić information content (AvgIpc) is 2.36. The van der Waals surface area contributed by atoms with Crippen LogP contribution in [0.2, 0.25) is 0 Å². The first-order valence-corrected chi connectivity index (χ1v) is 8.36. The van der Waals surface area contributed by atoms with E-state index >= 15 is 0 Å². The minimum Gasteiger partial charge on any atom is -0.398 e. The van der Waals surface area contributed by atoms with Gasteiger partial charge < -0.3 is 10.8 Å². The van der Waals surface area contributed by atoms with Crippen molar-refractivity contribution in [3.63, 3.8) is 0 Å². The average molecular weight is 298 g/mol. The molecule has 1 aliphatic rings. The molecular formula is C14H22N2O3S. The molecule has 2 rings (SSSR count). The van der Waals surface area contributed by atoms with E-state index in [1.54, 1.807) is 12.1 Å². The fraction of sp³-hybridized carbons (Fsp3) is 0.571. The minimum absolute atomic E-state index is 0.0957. The number of aliphatic hydroxyl groups is 1. The molecule has 0 aromatic heterocycles. The van der Waals surface area contributed by atoms with Gasteiger partial charge in [0, 0.05) is 6.04 Å². The van der Waals surface area contributed by atoms with Crippen molar-refractivity contribution >= 4 is 15.7 Å². The molecule has 1 aromatic rings. The smallest absolute Gasteiger partial charge is 0.242 e. The van der Waals surface area contributed by atoms with Crippen LogP contribution in [0.5, 0.6) is 0 Å². The maximum atomic E-state index is 12.4. The summed E-state index contributed by atoms with van der Waals surface area (Å²) in [5.41, 5.74) is 7.91. The van der Waals surface area contributed by atoms with Gasteiger partial charge in [-0.05, 0) is 49.9 Å². The van der Waals surface area contributed by atoms with E-state index in [0.29, 0.717) is 12.8 Å². The molecule has 0 bridgehead atoms. The van der Waals surface area contributed by atoms with Gasteiger partial charge in [-0.2, -0.15) is 0 Å². The van der Waals surface area contributed by atoms with Crippen molar-refractivity contribution in [2.24, 2.45) is 0 Å². The van der Waals surface area contributed by atoms with E-state index in [4.69, 9.17) is 5.73 Å². The molecule has 5 nitrogen and oxygen atoms in total. The maximum absolute atomic E-state index is 12.4. The summed E-state index contributed by atoms with van der Waals surface area (Å²) >= 11 is 0. The van der Waals surface area contributed by atoms with Crippen molar-refractivity contribution in [1.29, 1.82) is 0 Å². The third-order valence-electron chi connectivity index (χ3n) is 3.95. The number of aryl methyl sites for hydroxylation is 2. The number of anilines is 1. The topological polar surface area (TPSA) is 92.4 Å². The van der Waals surface area contributed by atoms with Crippen LogP contribution < -0.4 is 10.5 Å². The van der Waals surface area contributed by atoms with Crippen LogP contribution in [0, 0.1) is 13.8 Å². The van der Waals surface area contributed by atoms with Gasteiger partial charge in [0.1, 0.15) is 4.90 Å². The van der Waals surface area contributed by atoms with Gasteiger partial charge in [0.25, 0.3) is 0 Å². The Bertz CT molecular complexity index is 599. The van der Waals surface area contributed by atoms with Gasteiger partial charge in [-0.15, -0.1) is 0 Å². The molecule has 2 atom stereocenters. The Morgan fingerprint density at radius 2 is 1.80 bits per heavy atom. The van der Waals surface area contributed by atoms with Crippen molar-refractivity contribution in [1.82, 2.24) is 4.72 Å². The molecule has 0 amide bonds. The lowest BCUT2D eigenvalue weighted by Crippen LogP contribution is -2.45. The monoisotopic (exact) mass is 298 g/mol. The Labute approximate surface area is 120 Å². The SMILES string of the molecule is Cc1cc(N)c(S(=O)(=O)N[C@@H]2CCCC[C@H]2O)cc1C. The Balaban J connectivity index is 2.28. The standard InChI is InChI=1S/C14H22N2O3S/c1-9-7-11(15)14(8-10(9)2)20(18,19)16-12-5-3-4-6-13(12)17/h7-8,12-13,16-17H,3-6,15H2,1-2H3/t12-,13-/m1/s1. The third kappa shape index (κ3) is 3.13. The van der Waals surface area contributed by atoms with Gasteiger partial charge in [-0.1, -0.05) is 12.8 Å². The zero-order valence-corrected chi connectivity index (χ0v) is 12.7. The van der Waals surface area contributed by atoms with Crippen molar-refractivity contribution < 1.29 is 13.5 Å². The molecule has 1 aliphatic carbocycles. The molecule has 1 aromatic carbocycles. The molecule has 0 unspecified atom stereocenters. The lowest BCUT2D eigenvalue weighted by atomic mass is 9.93. The largest absolute Gasteiger partial charge is 0.398 e. The summed E-state index contributed by atoms with van der Waals surface area (Å²) in [5, 5.41) is 9.89. The van der Waals surface area contributed by atoms with Crippen LogP contribution >= 0.6 is 0 Å². The van der Waals surface area contributed by atoms with E-state index in [2.05, 4.69) is 4.72 Å². The van der Waals surface area contributed by atoms with Crippen LogP contribution in [0.15, 0.2) is 17.0 Å². The lowest BCUT2D eigenvalue weighted by Gasteiger charge is -2.28. The Morgan fingerprint density at radius 3 is 2.45 bits per heavy atom. The third-order valence-corrected chi connectivity index (χ3v) is 5.50. The fourth-order valence-corrected chi connectivity index (χ4v) is 4.06. The number of hydrogen-bond donors (Lipinski definition) is 3. The van der Waals surface area contributed by atoms with Gasteiger partial charge in [0.15, 0.2) is 0 Å². The quantitative estimate of drug-likeness (QED) is 0.737. The second-order valence-electron chi connectivity index (χ2n) is 5.55. The van der Waals surface area contributed by atoms with Gasteiger partial charge in [0.2, 0.25) is 10.0 Å². The second kappa shape index (κ2) is 5.71. The van der Waals surface area contributed by atoms with Crippen LogP contribution in [0.3, 0.4) is 0 Å². The molecule has 20 heavy (non-hydrogen) atoms. The van der Waals surface area contributed by atoms with Crippen LogP contribution in [-0.2, 0) is 10.0 Å². The number of nitrogen functional groups attached to an aromatic ring is 1.